The molecule has 166 valence electrons. The summed E-state index contributed by atoms with van der Waals surface area (Å²) in [5.74, 6) is 0.239. The summed E-state index contributed by atoms with van der Waals surface area (Å²) < 4.78 is 5.61. The summed E-state index contributed by atoms with van der Waals surface area (Å²) in [4.78, 5) is 15.3. The summed E-state index contributed by atoms with van der Waals surface area (Å²) in [6, 6.07) is 16.2. The number of hydrogen-bond donors (Lipinski definition) is 1. The lowest BCUT2D eigenvalue weighted by molar-refractivity contribution is -0.127. The molecule has 0 aromatic heterocycles. The number of carbonyl (C=O) groups excluding carboxylic acids is 1. The van der Waals surface area contributed by atoms with Gasteiger partial charge in [-0.2, -0.15) is 0 Å². The molecule has 0 bridgehead atoms. The fourth-order valence-electron chi connectivity index (χ4n) is 4.78. The van der Waals surface area contributed by atoms with Crippen molar-refractivity contribution in [1.82, 2.24) is 10.2 Å². The van der Waals surface area contributed by atoms with E-state index in [4.69, 9.17) is 27.9 Å². The number of carbonyl (C=O) groups is 1. The van der Waals surface area contributed by atoms with Crippen molar-refractivity contribution >= 4 is 29.1 Å². The average Bonchev–Trinajstić information content (AvgIpc) is 2.81. The topological polar surface area (TPSA) is 41.6 Å². The molecule has 2 aliphatic rings. The second-order valence-corrected chi connectivity index (χ2v) is 9.54. The number of piperidine rings is 1. The highest BCUT2D eigenvalue weighted by molar-refractivity contribution is 6.35. The Kier molecular flexibility index (Phi) is 7.55. The van der Waals surface area contributed by atoms with Crippen LogP contribution in [0.1, 0.15) is 36.8 Å². The highest BCUT2D eigenvalue weighted by Crippen LogP contribution is 2.34. The van der Waals surface area contributed by atoms with E-state index >= 15 is 0 Å². The van der Waals surface area contributed by atoms with Gasteiger partial charge >= 0.3 is 0 Å². The first-order chi connectivity index (χ1) is 15.1. The van der Waals surface area contributed by atoms with E-state index in [1.54, 1.807) is 0 Å². The Labute approximate surface area is 194 Å². The second kappa shape index (κ2) is 10.4. The van der Waals surface area contributed by atoms with Gasteiger partial charge in [-0.3, -0.25) is 9.69 Å². The summed E-state index contributed by atoms with van der Waals surface area (Å²) >= 11 is 12.6. The summed E-state index contributed by atoms with van der Waals surface area (Å²) in [6.07, 6.45) is 3.59. The lowest BCUT2D eigenvalue weighted by Crippen LogP contribution is -2.47. The monoisotopic (exact) mass is 460 g/mol. The summed E-state index contributed by atoms with van der Waals surface area (Å²) in [6.45, 7) is 4.63. The maximum atomic E-state index is 13.0. The highest BCUT2D eigenvalue weighted by Gasteiger charge is 2.35. The standard InChI is InChI=1S/C25H30Cl2N2O2/c26-22-7-4-8-23(27)21(22)17-29-13-9-19(10-14-29)24(30)28-18-25(11-15-31-16-12-25)20-5-2-1-3-6-20/h1-8,19H,9-18H2,(H,28,30). The number of nitrogens with zero attached hydrogens (tertiary/aromatic N) is 1. The molecule has 31 heavy (non-hydrogen) atoms. The van der Waals surface area contributed by atoms with Gasteiger partial charge in [0.1, 0.15) is 0 Å². The lowest BCUT2D eigenvalue weighted by Gasteiger charge is -2.38. The van der Waals surface area contributed by atoms with Gasteiger partial charge < -0.3 is 10.1 Å². The highest BCUT2D eigenvalue weighted by atomic mass is 35.5. The quantitative estimate of drug-likeness (QED) is 0.653. The first-order valence-electron chi connectivity index (χ1n) is 11.1. The molecule has 2 saturated heterocycles. The largest absolute Gasteiger partial charge is 0.381 e. The fraction of sp³-hybridized carbons (Fsp3) is 0.480. The zero-order chi connectivity index (χ0) is 21.7. The van der Waals surface area contributed by atoms with Crippen molar-refractivity contribution < 1.29 is 9.53 Å². The van der Waals surface area contributed by atoms with Gasteiger partial charge in [0.15, 0.2) is 0 Å². The maximum absolute atomic E-state index is 13.0. The molecule has 2 fully saturated rings. The number of benzene rings is 2. The van der Waals surface area contributed by atoms with Crippen LogP contribution in [0, 0.1) is 5.92 Å². The molecule has 2 aliphatic heterocycles. The van der Waals surface area contributed by atoms with Crippen LogP contribution >= 0.6 is 23.2 Å². The maximum Gasteiger partial charge on any atom is 0.223 e. The molecular weight excluding hydrogens is 431 g/mol. The smallest absolute Gasteiger partial charge is 0.223 e. The Hall–Kier alpha value is -1.59. The van der Waals surface area contributed by atoms with Gasteiger partial charge in [0.05, 0.1) is 0 Å². The molecule has 0 radical (unpaired) electrons. The first kappa shape index (κ1) is 22.6. The summed E-state index contributed by atoms with van der Waals surface area (Å²) in [5, 5.41) is 4.70. The number of ether oxygens (including phenoxy) is 1. The van der Waals surface area contributed by atoms with Crippen molar-refractivity contribution in [3.63, 3.8) is 0 Å². The van der Waals surface area contributed by atoms with E-state index in [1.807, 2.05) is 24.3 Å². The van der Waals surface area contributed by atoms with Gasteiger partial charge in [0.25, 0.3) is 0 Å². The lowest BCUT2D eigenvalue weighted by atomic mass is 9.74. The number of halogens is 2. The first-order valence-corrected chi connectivity index (χ1v) is 11.9. The Balaban J connectivity index is 1.31. The van der Waals surface area contributed by atoms with Crippen molar-refractivity contribution in [3.05, 3.63) is 69.7 Å². The molecule has 0 spiro atoms. The Morgan fingerprint density at radius 2 is 1.65 bits per heavy atom. The van der Waals surface area contributed by atoms with Crippen LogP contribution in [0.3, 0.4) is 0 Å². The zero-order valence-corrected chi connectivity index (χ0v) is 19.3. The van der Waals surface area contributed by atoms with Gasteiger partial charge in [-0.1, -0.05) is 59.6 Å². The van der Waals surface area contributed by atoms with Crippen LogP contribution in [0.25, 0.3) is 0 Å². The Morgan fingerprint density at radius 1 is 1.00 bits per heavy atom. The fourth-order valence-corrected chi connectivity index (χ4v) is 5.30. The third-order valence-electron chi connectivity index (χ3n) is 6.84. The summed E-state index contributed by atoms with van der Waals surface area (Å²) in [5.41, 5.74) is 2.24. The van der Waals surface area contributed by atoms with Crippen LogP contribution in [-0.4, -0.2) is 43.7 Å². The van der Waals surface area contributed by atoms with Crippen molar-refractivity contribution in [2.45, 2.75) is 37.6 Å². The average molecular weight is 461 g/mol. The molecule has 0 unspecified atom stereocenters. The van der Waals surface area contributed by atoms with Gasteiger partial charge in [-0.05, 0) is 56.5 Å². The van der Waals surface area contributed by atoms with E-state index in [9.17, 15) is 4.79 Å². The number of likely N-dealkylation sites (tertiary alicyclic amines) is 1. The van der Waals surface area contributed by atoms with Crippen molar-refractivity contribution in [2.75, 3.05) is 32.8 Å². The predicted molar refractivity (Wildman–Crippen MR) is 126 cm³/mol. The molecule has 2 heterocycles. The van der Waals surface area contributed by atoms with E-state index in [-0.39, 0.29) is 17.2 Å². The molecule has 1 amide bonds. The van der Waals surface area contributed by atoms with Crippen molar-refractivity contribution in [2.24, 2.45) is 5.92 Å². The van der Waals surface area contributed by atoms with Crippen LogP contribution in [0.5, 0.6) is 0 Å². The van der Waals surface area contributed by atoms with Crippen LogP contribution in [0.4, 0.5) is 0 Å². The molecule has 2 aromatic carbocycles. The molecule has 6 heteroatoms. The molecule has 0 aliphatic carbocycles. The minimum absolute atomic E-state index is 0.0311. The van der Waals surface area contributed by atoms with E-state index in [2.05, 4.69) is 34.5 Å². The predicted octanol–water partition coefficient (Wildman–Crippen LogP) is 5.07. The minimum Gasteiger partial charge on any atom is -0.381 e. The number of amides is 1. The molecule has 4 nitrogen and oxygen atoms in total. The van der Waals surface area contributed by atoms with Crippen molar-refractivity contribution in [1.29, 1.82) is 0 Å². The minimum atomic E-state index is -0.0311. The third kappa shape index (κ3) is 5.43. The molecule has 0 atom stereocenters. The third-order valence-corrected chi connectivity index (χ3v) is 7.55. The van der Waals surface area contributed by atoms with E-state index in [1.165, 1.54) is 5.56 Å². The van der Waals surface area contributed by atoms with Gasteiger partial charge in [-0.15, -0.1) is 0 Å². The van der Waals surface area contributed by atoms with Gasteiger partial charge in [0, 0.05) is 53.2 Å². The van der Waals surface area contributed by atoms with Crippen LogP contribution < -0.4 is 5.32 Å². The molecule has 4 rings (SSSR count). The van der Waals surface area contributed by atoms with Crippen LogP contribution in [-0.2, 0) is 21.5 Å². The zero-order valence-electron chi connectivity index (χ0n) is 17.8. The second-order valence-electron chi connectivity index (χ2n) is 8.73. The van der Waals surface area contributed by atoms with Gasteiger partial charge in [0.2, 0.25) is 5.91 Å². The van der Waals surface area contributed by atoms with E-state index in [0.29, 0.717) is 16.6 Å². The Morgan fingerprint density at radius 3 is 2.29 bits per heavy atom. The number of rotatable bonds is 6. The van der Waals surface area contributed by atoms with Crippen LogP contribution in [0.15, 0.2) is 48.5 Å². The normalized spacial score (nSPS) is 19.8. The Bertz CT molecular complexity index is 856. The molecular formula is C25H30Cl2N2O2. The van der Waals surface area contributed by atoms with Crippen molar-refractivity contribution in [3.8, 4) is 0 Å². The number of hydrogen-bond acceptors (Lipinski definition) is 3. The molecule has 1 N–H and O–H groups in total. The van der Waals surface area contributed by atoms with E-state index in [0.717, 1.165) is 64.1 Å². The number of nitrogens with one attached hydrogen (secondary N) is 1. The van der Waals surface area contributed by atoms with Gasteiger partial charge in [-0.25, -0.2) is 0 Å². The SMILES string of the molecule is O=C(NCC1(c2ccccc2)CCOCC1)C1CCN(Cc2c(Cl)cccc2Cl)CC1. The van der Waals surface area contributed by atoms with Crippen LogP contribution in [0.2, 0.25) is 10.0 Å². The van der Waals surface area contributed by atoms with E-state index < -0.39 is 0 Å². The molecule has 2 aromatic rings. The molecule has 0 saturated carbocycles. The summed E-state index contributed by atoms with van der Waals surface area (Å²) in [7, 11) is 0.